The minimum atomic E-state index is -0.373. The first kappa shape index (κ1) is 49.8. The molecule has 0 saturated heterocycles. The monoisotopic (exact) mass is 1150 g/mol. The molecule has 0 atom stereocenters. The van der Waals surface area contributed by atoms with Gasteiger partial charge in [-0.15, -0.1) is 0 Å². The molecule has 5 heterocycles. The Balaban J connectivity index is 1.03. The van der Waals surface area contributed by atoms with E-state index in [4.69, 9.17) is 9.97 Å². The maximum Gasteiger partial charge on any atom is 0.252 e. The first-order chi connectivity index (χ1) is 44.7. The van der Waals surface area contributed by atoms with Gasteiger partial charge in [0.25, 0.3) is 6.71 Å². The predicted molar refractivity (Wildman–Crippen MR) is 388 cm³/mol. The second-order valence-electron chi connectivity index (χ2n) is 27.0. The molecule has 4 nitrogen and oxygen atoms in total. The third-order valence-corrected chi connectivity index (χ3v) is 21.9. The van der Waals surface area contributed by atoms with Crippen molar-refractivity contribution in [2.24, 2.45) is 0 Å². The van der Waals surface area contributed by atoms with Crippen molar-refractivity contribution in [2.75, 3.05) is 0 Å². The molecule has 0 amide bonds. The zero-order chi connectivity index (χ0) is 59.9. The van der Waals surface area contributed by atoms with Gasteiger partial charge in [-0.25, -0.2) is 9.97 Å². The lowest BCUT2D eigenvalue weighted by Gasteiger charge is -2.35. The molecule has 0 N–H and O–H groups in total. The summed E-state index contributed by atoms with van der Waals surface area (Å²) in [6.07, 6.45) is 0. The van der Waals surface area contributed by atoms with Crippen LogP contribution in [0.5, 0.6) is 0 Å². The fourth-order valence-electron chi connectivity index (χ4n) is 17.6. The molecule has 0 aliphatic carbocycles. The predicted octanol–water partition coefficient (Wildman–Crippen LogP) is 20.0. The lowest BCUT2D eigenvalue weighted by Crippen LogP contribution is -2.59. The van der Waals surface area contributed by atoms with Gasteiger partial charge in [0.05, 0.1) is 38.8 Å². The van der Waals surface area contributed by atoms with E-state index >= 15 is 0 Å². The van der Waals surface area contributed by atoms with Crippen LogP contribution >= 0.6 is 0 Å². The van der Waals surface area contributed by atoms with Crippen LogP contribution in [0.1, 0.15) is 49.9 Å². The molecule has 91 heavy (non-hydrogen) atoms. The van der Waals surface area contributed by atoms with Crippen molar-refractivity contribution in [3.8, 4) is 11.4 Å². The van der Waals surface area contributed by atoms with Crippen molar-refractivity contribution >= 4 is 175 Å². The van der Waals surface area contributed by atoms with E-state index in [-0.39, 0.29) is 17.5 Å². The molecule has 0 fully saturated rings. The van der Waals surface area contributed by atoms with Gasteiger partial charge >= 0.3 is 0 Å². The Labute approximate surface area is 523 Å². The largest absolute Gasteiger partial charge is 0.310 e. The molecule has 0 spiro atoms. The molecule has 2 aliphatic heterocycles. The van der Waals surface area contributed by atoms with E-state index in [1.54, 1.807) is 0 Å². The van der Waals surface area contributed by atoms with Gasteiger partial charge in [0.2, 0.25) is 0 Å². The highest BCUT2D eigenvalue weighted by Gasteiger charge is 2.45. The van der Waals surface area contributed by atoms with E-state index in [1.807, 2.05) is 0 Å². The fraction of sp³-hybridized carbons (Fsp3) is 0.0698. The first-order valence-electron chi connectivity index (χ1n) is 32.1. The Bertz CT molecular complexity index is 6530. The van der Waals surface area contributed by atoms with Crippen molar-refractivity contribution in [1.29, 1.82) is 0 Å². The van der Waals surface area contributed by atoms with Crippen LogP contribution in [0.15, 0.2) is 261 Å². The van der Waals surface area contributed by atoms with Crippen LogP contribution < -0.4 is 16.4 Å². The molecule has 19 aromatic rings. The van der Waals surface area contributed by atoms with Crippen LogP contribution in [0.25, 0.3) is 163 Å². The summed E-state index contributed by atoms with van der Waals surface area (Å²) in [4.78, 5) is 12.1. The zero-order valence-corrected chi connectivity index (χ0v) is 50.7. The van der Waals surface area contributed by atoms with Crippen LogP contribution in [-0.4, -0.2) is 25.8 Å². The van der Waals surface area contributed by atoms with Gasteiger partial charge in [0.1, 0.15) is 5.52 Å². The molecule has 0 unspecified atom stereocenters. The van der Waals surface area contributed by atoms with Gasteiger partial charge in [0, 0.05) is 65.1 Å². The van der Waals surface area contributed by atoms with Crippen LogP contribution in [0.2, 0.25) is 0 Å². The van der Waals surface area contributed by atoms with Crippen molar-refractivity contribution in [3.05, 3.63) is 283 Å². The van der Waals surface area contributed by atoms with Gasteiger partial charge in [0.15, 0.2) is 0 Å². The number of hydrogen-bond acceptors (Lipinski definition) is 2. The number of hydrogen-bond donors (Lipinski definition) is 0. The minimum Gasteiger partial charge on any atom is -0.310 e. The molecule has 0 bridgehead atoms. The highest BCUT2D eigenvalue weighted by atomic mass is 15.1. The molecule has 16 aromatic carbocycles. The van der Waals surface area contributed by atoms with E-state index < -0.39 is 0 Å². The zero-order valence-electron chi connectivity index (χ0n) is 50.7. The average Bonchev–Trinajstić information content (AvgIpc) is 1.55. The standard InChI is InChI=1S/C86H55BN4/c1-85(2,48-23-7-5-8-24-48)50-39-41-71-65(43-50)67-44-51(86(3,4)49-25-9-6-10-26-49)45-68-82(67)91(71)84-78-73(47-70-81(84)89-80-64-38-22-18-33-58(64)57-32-17-21-37-63(57)79(80)88-70)90-72-42-40-62-56-31-13-11-27-52(56)54-29-15-19-35-60(54)74(62)76(72)77-75-61-36-20-16-30-55(61)53-28-12-14-34-59(53)66(75)46-69(83(77)90)87(68)78/h5-47H,1-4H3. The molecule has 3 aromatic heterocycles. The normalized spacial score (nSPS) is 13.3. The first-order valence-corrected chi connectivity index (χ1v) is 32.1. The number of benzene rings is 16. The Hall–Kier alpha value is -11.1. The lowest BCUT2D eigenvalue weighted by atomic mass is 9.34. The van der Waals surface area contributed by atoms with Crippen LogP contribution in [0.3, 0.4) is 0 Å². The van der Waals surface area contributed by atoms with Gasteiger partial charge in [-0.05, 0) is 134 Å². The third-order valence-electron chi connectivity index (χ3n) is 21.9. The van der Waals surface area contributed by atoms with E-state index in [9.17, 15) is 0 Å². The van der Waals surface area contributed by atoms with E-state index in [0.717, 1.165) is 49.7 Å². The Kier molecular flexibility index (Phi) is 9.51. The summed E-state index contributed by atoms with van der Waals surface area (Å²) >= 11 is 0. The summed E-state index contributed by atoms with van der Waals surface area (Å²) in [5.74, 6) is 0. The minimum absolute atomic E-state index is 0.232. The quantitative estimate of drug-likeness (QED) is 0.100. The van der Waals surface area contributed by atoms with Crippen molar-refractivity contribution < 1.29 is 0 Å². The Morgan fingerprint density at radius 2 is 0.725 bits per heavy atom. The number of rotatable bonds is 4. The van der Waals surface area contributed by atoms with Crippen molar-refractivity contribution in [2.45, 2.75) is 38.5 Å². The van der Waals surface area contributed by atoms with Crippen molar-refractivity contribution in [1.82, 2.24) is 19.1 Å². The molecular formula is C86H55BN4. The summed E-state index contributed by atoms with van der Waals surface area (Å²) < 4.78 is 5.34. The summed E-state index contributed by atoms with van der Waals surface area (Å²) in [6, 6.07) is 98.9. The van der Waals surface area contributed by atoms with Gasteiger partial charge < -0.3 is 9.13 Å². The van der Waals surface area contributed by atoms with E-state index in [1.165, 1.54) is 152 Å². The Morgan fingerprint density at radius 1 is 0.286 bits per heavy atom. The summed E-state index contributed by atoms with van der Waals surface area (Å²) in [5.41, 5.74) is 19.0. The second kappa shape index (κ2) is 17.4. The van der Waals surface area contributed by atoms with Crippen molar-refractivity contribution in [3.63, 3.8) is 0 Å². The van der Waals surface area contributed by atoms with Gasteiger partial charge in [-0.1, -0.05) is 258 Å². The summed E-state index contributed by atoms with van der Waals surface area (Å²) in [7, 11) is 0. The molecule has 0 radical (unpaired) electrons. The molecule has 21 rings (SSSR count). The van der Waals surface area contributed by atoms with Crippen LogP contribution in [0, 0.1) is 0 Å². The Morgan fingerprint density at radius 3 is 1.31 bits per heavy atom. The smallest absolute Gasteiger partial charge is 0.252 e. The van der Waals surface area contributed by atoms with Crippen LogP contribution in [-0.2, 0) is 10.8 Å². The van der Waals surface area contributed by atoms with E-state index in [0.29, 0.717) is 0 Å². The fourth-order valence-corrected chi connectivity index (χ4v) is 17.6. The summed E-state index contributed by atoms with van der Waals surface area (Å²) in [5, 5.41) is 24.8. The number of nitrogens with zero attached hydrogens (tertiary/aromatic N) is 4. The number of aromatic nitrogens is 4. The SMILES string of the molecule is CC(C)(c1ccccc1)c1ccc2c(c1)c1cc(C(C)(C)c3ccccc3)cc3c1n2-c1c2c(cc4nc5c6ccccc6c6ccccc6c5nc14)-n1c4ccc5c6ccccc6c6ccccc6c5c4c4c5c6ccccc6c6ccccc6c5cc(c41)B23. The highest BCUT2D eigenvalue weighted by Crippen LogP contribution is 2.51. The average molecular weight is 1160 g/mol. The van der Waals surface area contributed by atoms with Gasteiger partial charge in [-0.2, -0.15) is 0 Å². The summed E-state index contributed by atoms with van der Waals surface area (Å²) in [6.45, 7) is 9.37. The van der Waals surface area contributed by atoms with E-state index in [2.05, 4.69) is 298 Å². The molecular weight excluding hydrogens is 1100 g/mol. The highest BCUT2D eigenvalue weighted by molar-refractivity contribution is 7.01. The maximum atomic E-state index is 6.13. The van der Waals surface area contributed by atoms with Crippen LogP contribution in [0.4, 0.5) is 0 Å². The number of fused-ring (bicyclic) bond motifs is 32. The molecule has 422 valence electrons. The topological polar surface area (TPSA) is 35.6 Å². The molecule has 5 heteroatoms. The molecule has 0 saturated carbocycles. The lowest BCUT2D eigenvalue weighted by molar-refractivity contribution is 0.641. The molecule has 2 aliphatic rings. The third kappa shape index (κ3) is 6.26. The van der Waals surface area contributed by atoms with Gasteiger partial charge in [-0.3, -0.25) is 0 Å². The maximum absolute atomic E-state index is 6.13. The second-order valence-corrected chi connectivity index (χ2v) is 27.0.